The predicted molar refractivity (Wildman–Crippen MR) is 66.7 cm³/mol. The van der Waals surface area contributed by atoms with Gasteiger partial charge in [-0.3, -0.25) is 0 Å². The minimum atomic E-state index is -4.27. The maximum Gasteiger partial charge on any atom is 0.416 e. The minimum Gasteiger partial charge on any atom is -0.374 e. The summed E-state index contributed by atoms with van der Waals surface area (Å²) in [6.07, 6.45) is -1.96. The third kappa shape index (κ3) is 3.94. The molecule has 1 aliphatic rings. The van der Waals surface area contributed by atoms with Crippen LogP contribution in [-0.2, 0) is 17.5 Å². The molecule has 0 saturated heterocycles. The first-order valence-electron chi connectivity index (χ1n) is 6.41. The monoisotopic (exact) mass is 273 g/mol. The van der Waals surface area contributed by atoms with Crippen LogP contribution < -0.4 is 5.32 Å². The second kappa shape index (κ2) is 5.92. The first-order chi connectivity index (χ1) is 8.99. The highest BCUT2D eigenvalue weighted by Crippen LogP contribution is 2.31. The fourth-order valence-electron chi connectivity index (χ4n) is 2.27. The Hall–Kier alpha value is -1.07. The Bertz CT molecular complexity index is 396. The Morgan fingerprint density at radius 1 is 1.21 bits per heavy atom. The summed E-state index contributed by atoms with van der Waals surface area (Å²) in [7, 11) is 1.93. The third-order valence-corrected chi connectivity index (χ3v) is 3.45. The molecule has 0 radical (unpaired) electrons. The molecule has 1 saturated carbocycles. The molecule has 0 heterocycles. The molecule has 1 N–H and O–H groups in total. The summed E-state index contributed by atoms with van der Waals surface area (Å²) in [5.74, 6) is 0.669. The van der Waals surface area contributed by atoms with Crippen LogP contribution in [0.4, 0.5) is 13.2 Å². The van der Waals surface area contributed by atoms with E-state index in [-0.39, 0.29) is 6.10 Å². The lowest BCUT2D eigenvalue weighted by molar-refractivity contribution is -0.137. The van der Waals surface area contributed by atoms with E-state index in [1.165, 1.54) is 12.1 Å². The van der Waals surface area contributed by atoms with Crippen LogP contribution in [-0.4, -0.2) is 19.7 Å². The zero-order valence-corrected chi connectivity index (χ0v) is 10.8. The van der Waals surface area contributed by atoms with Gasteiger partial charge in [0.2, 0.25) is 0 Å². The lowest BCUT2D eigenvalue weighted by atomic mass is 9.82. The summed E-state index contributed by atoms with van der Waals surface area (Å²) >= 11 is 0. The molecule has 0 unspecified atom stereocenters. The largest absolute Gasteiger partial charge is 0.416 e. The Labute approximate surface area is 111 Å². The van der Waals surface area contributed by atoms with Gasteiger partial charge < -0.3 is 10.1 Å². The van der Waals surface area contributed by atoms with E-state index in [1.807, 2.05) is 7.05 Å². The molecule has 0 aliphatic heterocycles. The highest BCUT2D eigenvalue weighted by molar-refractivity contribution is 5.24. The van der Waals surface area contributed by atoms with Crippen molar-refractivity contribution in [1.29, 1.82) is 0 Å². The van der Waals surface area contributed by atoms with Crippen molar-refractivity contribution < 1.29 is 17.9 Å². The summed E-state index contributed by atoms with van der Waals surface area (Å²) in [6.45, 7) is 1.38. The first-order valence-corrected chi connectivity index (χ1v) is 6.41. The van der Waals surface area contributed by atoms with E-state index in [4.69, 9.17) is 4.74 Å². The average Bonchev–Trinajstić information content (AvgIpc) is 2.31. The molecule has 106 valence electrons. The van der Waals surface area contributed by atoms with Crippen molar-refractivity contribution in [2.75, 3.05) is 13.6 Å². The van der Waals surface area contributed by atoms with Crippen LogP contribution >= 0.6 is 0 Å². The molecule has 0 amide bonds. The van der Waals surface area contributed by atoms with Gasteiger partial charge >= 0.3 is 6.18 Å². The van der Waals surface area contributed by atoms with Gasteiger partial charge in [-0.2, -0.15) is 13.2 Å². The van der Waals surface area contributed by atoms with E-state index in [9.17, 15) is 13.2 Å². The lowest BCUT2D eigenvalue weighted by Crippen LogP contribution is -2.36. The number of nitrogens with one attached hydrogen (secondary N) is 1. The average molecular weight is 273 g/mol. The van der Waals surface area contributed by atoms with E-state index >= 15 is 0 Å². The fraction of sp³-hybridized carbons (Fsp3) is 0.571. The number of rotatable bonds is 5. The van der Waals surface area contributed by atoms with E-state index in [0.717, 1.165) is 37.1 Å². The van der Waals surface area contributed by atoms with Gasteiger partial charge in [0, 0.05) is 0 Å². The van der Waals surface area contributed by atoms with Crippen molar-refractivity contribution in [2.45, 2.75) is 31.7 Å². The van der Waals surface area contributed by atoms with Crippen molar-refractivity contribution in [3.8, 4) is 0 Å². The van der Waals surface area contributed by atoms with Crippen LogP contribution in [0.3, 0.4) is 0 Å². The van der Waals surface area contributed by atoms with E-state index < -0.39 is 11.7 Å². The summed E-state index contributed by atoms with van der Waals surface area (Å²) in [5, 5.41) is 3.12. The van der Waals surface area contributed by atoms with Gasteiger partial charge in [-0.25, -0.2) is 0 Å². The van der Waals surface area contributed by atoms with E-state index in [0.29, 0.717) is 12.5 Å². The highest BCUT2D eigenvalue weighted by atomic mass is 19.4. The molecule has 1 aliphatic carbocycles. The molecule has 2 nitrogen and oxygen atoms in total. The van der Waals surface area contributed by atoms with Crippen molar-refractivity contribution in [3.05, 3.63) is 35.4 Å². The SMILES string of the molecule is CNCC1CC(OCc2ccc(C(F)(F)F)cc2)C1. The van der Waals surface area contributed by atoms with Crippen LogP contribution in [0.2, 0.25) is 0 Å². The van der Waals surface area contributed by atoms with Gasteiger partial charge in [0.15, 0.2) is 0 Å². The molecule has 19 heavy (non-hydrogen) atoms. The van der Waals surface area contributed by atoms with Crippen LogP contribution in [0.5, 0.6) is 0 Å². The molecule has 0 atom stereocenters. The predicted octanol–water partition coefficient (Wildman–Crippen LogP) is 3.22. The Morgan fingerprint density at radius 2 is 1.84 bits per heavy atom. The number of benzene rings is 1. The van der Waals surface area contributed by atoms with Gasteiger partial charge in [0.25, 0.3) is 0 Å². The molecule has 0 spiro atoms. The van der Waals surface area contributed by atoms with Crippen LogP contribution in [0.1, 0.15) is 24.0 Å². The van der Waals surface area contributed by atoms with Gasteiger partial charge in [-0.15, -0.1) is 0 Å². The Balaban J connectivity index is 1.75. The molecular weight excluding hydrogens is 255 g/mol. The third-order valence-electron chi connectivity index (χ3n) is 3.45. The zero-order valence-electron chi connectivity index (χ0n) is 10.8. The Kier molecular flexibility index (Phi) is 4.47. The number of ether oxygens (including phenoxy) is 1. The van der Waals surface area contributed by atoms with Crippen molar-refractivity contribution >= 4 is 0 Å². The number of hydrogen-bond donors (Lipinski definition) is 1. The molecule has 1 aromatic carbocycles. The van der Waals surface area contributed by atoms with Crippen molar-refractivity contribution in [1.82, 2.24) is 5.32 Å². The topological polar surface area (TPSA) is 21.3 Å². The van der Waals surface area contributed by atoms with Gasteiger partial charge in [-0.1, -0.05) is 12.1 Å². The standard InChI is InChI=1S/C14H18F3NO/c1-18-8-11-6-13(7-11)19-9-10-2-4-12(5-3-10)14(15,16)17/h2-5,11,13,18H,6-9H2,1H3. The number of hydrogen-bond acceptors (Lipinski definition) is 2. The molecule has 0 aromatic heterocycles. The zero-order chi connectivity index (χ0) is 13.9. The van der Waals surface area contributed by atoms with E-state index in [1.54, 1.807) is 0 Å². The normalized spacial score (nSPS) is 23.2. The van der Waals surface area contributed by atoms with Crippen LogP contribution in [0.25, 0.3) is 0 Å². The number of alkyl halides is 3. The fourth-order valence-corrected chi connectivity index (χ4v) is 2.27. The second-order valence-corrected chi connectivity index (χ2v) is 5.02. The van der Waals surface area contributed by atoms with Crippen molar-refractivity contribution in [2.24, 2.45) is 5.92 Å². The van der Waals surface area contributed by atoms with E-state index in [2.05, 4.69) is 5.32 Å². The summed E-state index contributed by atoms with van der Waals surface area (Å²) in [6, 6.07) is 5.16. The van der Waals surface area contributed by atoms with Gasteiger partial charge in [0.1, 0.15) is 0 Å². The maximum atomic E-state index is 12.4. The molecule has 1 fully saturated rings. The van der Waals surface area contributed by atoms with Gasteiger partial charge in [0.05, 0.1) is 18.3 Å². The molecule has 5 heteroatoms. The molecule has 2 rings (SSSR count). The summed E-state index contributed by atoms with van der Waals surface area (Å²) in [4.78, 5) is 0. The lowest BCUT2D eigenvalue weighted by Gasteiger charge is -2.35. The quantitative estimate of drug-likeness (QED) is 0.889. The first kappa shape index (κ1) is 14.3. The van der Waals surface area contributed by atoms with Crippen LogP contribution in [0.15, 0.2) is 24.3 Å². The molecule has 0 bridgehead atoms. The van der Waals surface area contributed by atoms with Gasteiger partial charge in [-0.05, 0) is 50.0 Å². The highest BCUT2D eigenvalue weighted by Gasteiger charge is 2.30. The number of halogens is 3. The molecule has 1 aromatic rings. The summed E-state index contributed by atoms with van der Waals surface area (Å²) < 4.78 is 42.8. The van der Waals surface area contributed by atoms with Crippen molar-refractivity contribution in [3.63, 3.8) is 0 Å². The second-order valence-electron chi connectivity index (χ2n) is 5.02. The maximum absolute atomic E-state index is 12.4. The molecular formula is C14H18F3NO. The minimum absolute atomic E-state index is 0.251. The smallest absolute Gasteiger partial charge is 0.374 e. The Morgan fingerprint density at radius 3 is 2.37 bits per heavy atom. The summed E-state index contributed by atoms with van der Waals surface area (Å²) in [5.41, 5.74) is 0.166. The van der Waals surface area contributed by atoms with Crippen LogP contribution in [0, 0.1) is 5.92 Å².